The van der Waals surface area contributed by atoms with E-state index in [9.17, 15) is 8.78 Å². The van der Waals surface area contributed by atoms with E-state index >= 15 is 0 Å². The molecular weight excluding hydrogens is 372 g/mol. The number of hydrogen-bond donors (Lipinski definition) is 1. The Hall–Kier alpha value is -2.70. The maximum Gasteiger partial charge on any atom is 0.278 e. The van der Waals surface area contributed by atoms with Crippen LogP contribution in [-0.4, -0.2) is 27.8 Å². The summed E-state index contributed by atoms with van der Waals surface area (Å²) in [7, 11) is 0. The second kappa shape index (κ2) is 9.20. The molecule has 1 saturated carbocycles. The Kier molecular flexibility index (Phi) is 6.67. The summed E-state index contributed by atoms with van der Waals surface area (Å²) in [5.74, 6) is 0.534. The Balaban J connectivity index is 0.00000117. The lowest BCUT2D eigenvalue weighted by Gasteiger charge is -2.43. The number of nitrogens with zero attached hydrogens (tertiary/aromatic N) is 4. The molecule has 0 bridgehead atoms. The third-order valence-corrected chi connectivity index (χ3v) is 5.36. The van der Waals surface area contributed by atoms with Crippen LogP contribution in [0, 0.1) is 0 Å². The molecule has 1 aromatic heterocycles. The molecule has 0 saturated heterocycles. The number of aromatic nitrogens is 2. The third kappa shape index (κ3) is 4.49. The molecule has 0 amide bonds. The van der Waals surface area contributed by atoms with E-state index in [1.165, 1.54) is 11.1 Å². The molecule has 2 aromatic rings. The third-order valence-electron chi connectivity index (χ3n) is 5.36. The zero-order valence-corrected chi connectivity index (χ0v) is 17.1. The van der Waals surface area contributed by atoms with Crippen molar-refractivity contribution in [3.8, 4) is 0 Å². The van der Waals surface area contributed by atoms with Gasteiger partial charge in [0.2, 0.25) is 5.95 Å². The van der Waals surface area contributed by atoms with Crippen LogP contribution in [-0.2, 0) is 12.0 Å². The van der Waals surface area contributed by atoms with E-state index in [2.05, 4.69) is 56.7 Å². The highest BCUT2D eigenvalue weighted by Crippen LogP contribution is 2.43. The number of rotatable bonds is 6. The molecule has 0 spiro atoms. The molecule has 1 aliphatic carbocycles. The molecule has 29 heavy (non-hydrogen) atoms. The molecule has 1 aliphatic heterocycles. The van der Waals surface area contributed by atoms with Gasteiger partial charge < -0.3 is 5.32 Å². The van der Waals surface area contributed by atoms with E-state index in [1.54, 1.807) is 12.4 Å². The molecule has 0 atom stereocenters. The molecule has 7 heteroatoms. The van der Waals surface area contributed by atoms with Gasteiger partial charge in [-0.15, -0.1) is 0 Å². The van der Waals surface area contributed by atoms with Crippen LogP contribution in [0.5, 0.6) is 0 Å². The maximum atomic E-state index is 12.7. The van der Waals surface area contributed by atoms with Crippen molar-refractivity contribution in [3.63, 3.8) is 0 Å². The van der Waals surface area contributed by atoms with Crippen LogP contribution in [0.1, 0.15) is 63.1 Å². The molecule has 4 rings (SSSR count). The smallest absolute Gasteiger partial charge is 0.278 e. The first-order valence-electron chi connectivity index (χ1n) is 10.2. The van der Waals surface area contributed by atoms with Gasteiger partial charge in [0, 0.05) is 24.4 Å². The van der Waals surface area contributed by atoms with Gasteiger partial charge in [0.25, 0.3) is 6.43 Å². The second-order valence-electron chi connectivity index (χ2n) is 7.02. The molecule has 2 heterocycles. The van der Waals surface area contributed by atoms with Crippen molar-refractivity contribution in [1.29, 1.82) is 0 Å². The summed E-state index contributed by atoms with van der Waals surface area (Å²) in [5.41, 5.74) is 3.31. The first-order chi connectivity index (χ1) is 14.1. The van der Waals surface area contributed by atoms with Gasteiger partial charge in [-0.1, -0.05) is 45.0 Å². The fraction of sp³-hybridized carbons (Fsp3) is 0.455. The number of alkyl halides is 2. The highest BCUT2D eigenvalue weighted by Gasteiger charge is 2.39. The quantitative estimate of drug-likeness (QED) is 0.710. The van der Waals surface area contributed by atoms with Crippen LogP contribution < -0.4 is 5.32 Å². The second-order valence-corrected chi connectivity index (χ2v) is 7.02. The summed E-state index contributed by atoms with van der Waals surface area (Å²) in [4.78, 5) is 8.76. The van der Waals surface area contributed by atoms with Gasteiger partial charge >= 0.3 is 0 Å². The summed E-state index contributed by atoms with van der Waals surface area (Å²) in [6.07, 6.45) is 4.93. The largest absolute Gasteiger partial charge is 0.345 e. The lowest BCUT2D eigenvalue weighted by atomic mass is 9.71. The summed E-state index contributed by atoms with van der Waals surface area (Å²) < 4.78 is 25.4. The minimum Gasteiger partial charge on any atom is -0.345 e. The monoisotopic (exact) mass is 399 g/mol. The molecule has 0 unspecified atom stereocenters. The molecule has 5 nitrogen and oxygen atoms in total. The predicted molar refractivity (Wildman–Crippen MR) is 113 cm³/mol. The zero-order valence-electron chi connectivity index (χ0n) is 17.1. The topological polar surface area (TPSA) is 62.5 Å². The van der Waals surface area contributed by atoms with E-state index in [1.807, 2.05) is 13.8 Å². The molecular formula is C22H27F2N5. The van der Waals surface area contributed by atoms with E-state index < -0.39 is 6.43 Å². The molecule has 1 N–H and O–H groups in total. The van der Waals surface area contributed by atoms with Crippen LogP contribution >= 0.6 is 0 Å². The predicted octanol–water partition coefficient (Wildman–Crippen LogP) is 5.37. The number of halogens is 2. The Labute approximate surface area is 170 Å². The van der Waals surface area contributed by atoms with E-state index in [0.29, 0.717) is 17.2 Å². The lowest BCUT2D eigenvalue weighted by molar-refractivity contribution is 0.224. The van der Waals surface area contributed by atoms with Gasteiger partial charge in [-0.05, 0) is 36.8 Å². The molecule has 1 fully saturated rings. The first-order valence-corrected chi connectivity index (χ1v) is 10.2. The van der Waals surface area contributed by atoms with E-state index in [0.717, 1.165) is 25.7 Å². The van der Waals surface area contributed by atoms with Crippen LogP contribution in [0.4, 0.5) is 14.7 Å². The van der Waals surface area contributed by atoms with Crippen molar-refractivity contribution in [2.24, 2.45) is 10.2 Å². The fourth-order valence-electron chi connectivity index (χ4n) is 3.48. The SMILES string of the molecule is CC.CCc1ccc(C2(Nc3ncc(C4=NN=C(C(F)F)C4)cn3)CCC2)cc1. The van der Waals surface area contributed by atoms with Gasteiger partial charge in [0.15, 0.2) is 0 Å². The number of benzene rings is 1. The van der Waals surface area contributed by atoms with Crippen molar-refractivity contribution < 1.29 is 8.78 Å². The Morgan fingerprint density at radius 2 is 1.69 bits per heavy atom. The normalized spacial score (nSPS) is 17.0. The standard InChI is InChI=1S/C20H21F2N5.C2H6/c1-2-13-4-6-15(7-5-13)20(8-3-9-20)25-19-23-11-14(12-24-19)16-10-17(18(21)22)27-26-16;1-2/h4-7,11-12,18H,2-3,8-10H2,1H3,(H,23,24,25);1-2H3. The molecule has 1 aromatic carbocycles. The first kappa shape index (κ1) is 21.0. The fourth-order valence-corrected chi connectivity index (χ4v) is 3.48. The van der Waals surface area contributed by atoms with Gasteiger partial charge in [-0.2, -0.15) is 10.2 Å². The van der Waals surface area contributed by atoms with Gasteiger partial charge in [0.05, 0.1) is 11.3 Å². The Morgan fingerprint density at radius 3 is 2.17 bits per heavy atom. The summed E-state index contributed by atoms with van der Waals surface area (Å²) in [6, 6.07) is 8.69. The minimum absolute atomic E-state index is 0.0432. The Morgan fingerprint density at radius 1 is 1.03 bits per heavy atom. The number of aryl methyl sites for hydroxylation is 1. The lowest BCUT2D eigenvalue weighted by Crippen LogP contribution is -2.42. The van der Waals surface area contributed by atoms with E-state index in [4.69, 9.17) is 0 Å². The van der Waals surface area contributed by atoms with E-state index in [-0.39, 0.29) is 17.7 Å². The van der Waals surface area contributed by atoms with Crippen LogP contribution in [0.25, 0.3) is 0 Å². The summed E-state index contributed by atoms with van der Waals surface area (Å²) >= 11 is 0. The van der Waals surface area contributed by atoms with Crippen molar-refractivity contribution in [1.82, 2.24) is 9.97 Å². The average molecular weight is 399 g/mol. The number of hydrogen-bond acceptors (Lipinski definition) is 5. The highest BCUT2D eigenvalue weighted by molar-refractivity contribution is 6.15. The van der Waals surface area contributed by atoms with Crippen molar-refractivity contribution in [2.75, 3.05) is 5.32 Å². The van der Waals surface area contributed by atoms with Crippen molar-refractivity contribution in [2.45, 2.75) is 64.8 Å². The molecule has 2 aliphatic rings. The number of anilines is 1. The minimum atomic E-state index is -2.58. The zero-order chi connectivity index (χ0) is 20.9. The average Bonchev–Trinajstić information content (AvgIpc) is 3.23. The summed E-state index contributed by atoms with van der Waals surface area (Å²) in [5, 5.41) is 10.8. The number of nitrogens with one attached hydrogen (secondary N) is 1. The Bertz CT molecular complexity index is 869. The highest BCUT2D eigenvalue weighted by atomic mass is 19.3. The van der Waals surface area contributed by atoms with Crippen LogP contribution in [0.2, 0.25) is 0 Å². The van der Waals surface area contributed by atoms with Crippen LogP contribution in [0.15, 0.2) is 46.9 Å². The van der Waals surface area contributed by atoms with Crippen molar-refractivity contribution in [3.05, 3.63) is 53.3 Å². The summed E-state index contributed by atoms with van der Waals surface area (Å²) in [6.45, 7) is 6.14. The van der Waals surface area contributed by atoms with Gasteiger partial charge in [0.1, 0.15) is 5.71 Å². The molecule has 0 radical (unpaired) electrons. The molecule has 154 valence electrons. The van der Waals surface area contributed by atoms with Gasteiger partial charge in [-0.25, -0.2) is 18.7 Å². The maximum absolute atomic E-state index is 12.7. The van der Waals surface area contributed by atoms with Crippen molar-refractivity contribution >= 4 is 17.4 Å². The van der Waals surface area contributed by atoms with Gasteiger partial charge in [-0.3, -0.25) is 0 Å². The van der Waals surface area contributed by atoms with Crippen LogP contribution in [0.3, 0.4) is 0 Å².